The van der Waals surface area contributed by atoms with Gasteiger partial charge in [-0.2, -0.15) is 0 Å². The van der Waals surface area contributed by atoms with Gasteiger partial charge in [0.15, 0.2) is 0 Å². The van der Waals surface area contributed by atoms with Crippen LogP contribution in [0.2, 0.25) is 0 Å². The Labute approximate surface area is 81.1 Å². The fraction of sp³-hybridized carbons (Fsp3) is 1.00. The lowest BCUT2D eigenvalue weighted by atomic mass is 10.3. The Morgan fingerprint density at radius 1 is 1.45 bits per heavy atom. The lowest BCUT2D eigenvalue weighted by molar-refractivity contribution is 0.563. The maximum Gasteiger partial charge on any atom is 0.208 e. The van der Waals surface area contributed by atoms with E-state index >= 15 is 0 Å². The van der Waals surface area contributed by atoms with Gasteiger partial charge in [-0.25, -0.2) is 13.1 Å². The Kier molecular flexibility index (Phi) is 3.16. The third-order valence-electron chi connectivity index (χ3n) is 1.80. The molecule has 0 saturated heterocycles. The van der Waals surface area contributed by atoms with Crippen molar-refractivity contribution in [2.45, 2.75) is 29.2 Å². The zero-order chi connectivity index (χ0) is 8.48. The first-order valence-corrected chi connectivity index (χ1v) is 6.74. The van der Waals surface area contributed by atoms with Gasteiger partial charge < -0.3 is 0 Å². The highest BCUT2D eigenvalue weighted by Crippen LogP contribution is 2.26. The highest BCUT2D eigenvalue weighted by Gasteiger charge is 2.26. The summed E-state index contributed by atoms with van der Waals surface area (Å²) in [6.07, 6.45) is 4.48. The third-order valence-corrected chi connectivity index (χ3v) is 4.02. The van der Waals surface area contributed by atoms with Crippen LogP contribution in [-0.4, -0.2) is 24.6 Å². The van der Waals surface area contributed by atoms with Gasteiger partial charge in [0.25, 0.3) is 0 Å². The van der Waals surface area contributed by atoms with Crippen molar-refractivity contribution in [2.24, 2.45) is 0 Å². The van der Waals surface area contributed by atoms with Crippen LogP contribution in [-0.2, 0) is 10.0 Å². The standard InChI is InChI=1S/C6H12INO2S/c1-11(9,10)8-6-4-2-3-5(6)7/h5-6,8H,2-4H2,1H3. The predicted octanol–water partition coefficient (Wildman–Crippen LogP) is 0.892. The Balaban J connectivity index is 2.50. The summed E-state index contributed by atoms with van der Waals surface area (Å²) in [5, 5.41) is 0. The number of rotatable bonds is 2. The molecule has 0 radical (unpaired) electrons. The van der Waals surface area contributed by atoms with Gasteiger partial charge in [-0.1, -0.05) is 29.0 Å². The van der Waals surface area contributed by atoms with Crippen LogP contribution >= 0.6 is 22.6 Å². The van der Waals surface area contributed by atoms with Gasteiger partial charge in [-0.05, 0) is 12.8 Å². The smallest absolute Gasteiger partial charge is 0.208 e. The normalized spacial score (nSPS) is 32.5. The van der Waals surface area contributed by atoms with Crippen LogP contribution in [0.25, 0.3) is 0 Å². The molecule has 1 aliphatic rings. The van der Waals surface area contributed by atoms with E-state index in [2.05, 4.69) is 27.3 Å². The van der Waals surface area contributed by atoms with E-state index in [9.17, 15) is 8.42 Å². The number of sulfonamides is 1. The summed E-state index contributed by atoms with van der Waals surface area (Å²) in [4.78, 5) is 0. The highest BCUT2D eigenvalue weighted by atomic mass is 127. The lowest BCUT2D eigenvalue weighted by Crippen LogP contribution is -2.36. The molecule has 1 saturated carbocycles. The molecule has 0 aromatic carbocycles. The van der Waals surface area contributed by atoms with Crippen molar-refractivity contribution in [1.82, 2.24) is 4.72 Å². The molecule has 0 aliphatic heterocycles. The molecule has 0 aromatic heterocycles. The van der Waals surface area contributed by atoms with E-state index in [0.717, 1.165) is 19.3 Å². The molecular formula is C6H12INO2S. The first kappa shape index (κ1) is 9.73. The SMILES string of the molecule is CS(=O)(=O)NC1CCCC1I. The molecule has 1 aliphatic carbocycles. The third kappa shape index (κ3) is 3.25. The average Bonchev–Trinajstić information content (AvgIpc) is 2.12. The molecule has 1 fully saturated rings. The fourth-order valence-corrected chi connectivity index (χ4v) is 3.38. The van der Waals surface area contributed by atoms with Crippen LogP contribution < -0.4 is 4.72 Å². The second kappa shape index (κ2) is 3.57. The van der Waals surface area contributed by atoms with E-state index in [1.165, 1.54) is 6.26 Å². The van der Waals surface area contributed by atoms with Crippen molar-refractivity contribution in [3.05, 3.63) is 0 Å². The van der Waals surface area contributed by atoms with Crippen LogP contribution in [0, 0.1) is 0 Å². The van der Waals surface area contributed by atoms with Crippen LogP contribution in [0.4, 0.5) is 0 Å². The molecule has 5 heteroatoms. The topological polar surface area (TPSA) is 46.2 Å². The molecule has 1 rings (SSSR count). The van der Waals surface area contributed by atoms with Gasteiger partial charge in [0.05, 0.1) is 6.26 Å². The number of hydrogen-bond donors (Lipinski definition) is 1. The van der Waals surface area contributed by atoms with Crippen LogP contribution in [0.1, 0.15) is 19.3 Å². The van der Waals surface area contributed by atoms with E-state index < -0.39 is 10.0 Å². The van der Waals surface area contributed by atoms with Crippen molar-refractivity contribution < 1.29 is 8.42 Å². The molecule has 0 spiro atoms. The maximum atomic E-state index is 10.8. The van der Waals surface area contributed by atoms with Gasteiger partial charge in [-0.3, -0.25) is 0 Å². The van der Waals surface area contributed by atoms with E-state index in [4.69, 9.17) is 0 Å². The number of alkyl halides is 1. The summed E-state index contributed by atoms with van der Waals surface area (Å²) in [5.41, 5.74) is 0. The summed E-state index contributed by atoms with van der Waals surface area (Å²) in [6, 6.07) is 0.172. The fourth-order valence-electron chi connectivity index (χ4n) is 1.32. The minimum absolute atomic E-state index is 0.172. The van der Waals surface area contributed by atoms with Crippen molar-refractivity contribution in [2.75, 3.05) is 6.26 Å². The summed E-state index contributed by atoms with van der Waals surface area (Å²) < 4.78 is 24.7. The first-order chi connectivity index (χ1) is 4.99. The van der Waals surface area contributed by atoms with E-state index in [0.29, 0.717) is 3.92 Å². The maximum absolute atomic E-state index is 10.8. The summed E-state index contributed by atoms with van der Waals surface area (Å²) in [6.45, 7) is 0. The predicted molar refractivity (Wildman–Crippen MR) is 53.4 cm³/mol. The summed E-state index contributed by atoms with van der Waals surface area (Å²) >= 11 is 2.31. The Morgan fingerprint density at radius 3 is 2.45 bits per heavy atom. The van der Waals surface area contributed by atoms with Gasteiger partial charge in [0.1, 0.15) is 0 Å². The largest absolute Gasteiger partial charge is 0.213 e. The minimum atomic E-state index is -3.00. The molecule has 66 valence electrons. The zero-order valence-corrected chi connectivity index (χ0v) is 9.35. The molecule has 11 heavy (non-hydrogen) atoms. The Bertz CT molecular complexity index is 227. The number of halogens is 1. The van der Waals surface area contributed by atoms with Gasteiger partial charge in [-0.15, -0.1) is 0 Å². The molecule has 0 heterocycles. The molecule has 2 atom stereocenters. The van der Waals surface area contributed by atoms with Crippen molar-refractivity contribution in [3.8, 4) is 0 Å². The first-order valence-electron chi connectivity index (χ1n) is 3.60. The number of nitrogens with one attached hydrogen (secondary N) is 1. The van der Waals surface area contributed by atoms with E-state index in [1.807, 2.05) is 0 Å². The van der Waals surface area contributed by atoms with Gasteiger partial charge in [0, 0.05) is 9.97 Å². The van der Waals surface area contributed by atoms with Gasteiger partial charge in [0.2, 0.25) is 10.0 Å². The molecule has 0 bridgehead atoms. The van der Waals surface area contributed by atoms with Crippen molar-refractivity contribution in [3.63, 3.8) is 0 Å². The second-order valence-corrected chi connectivity index (χ2v) is 6.32. The molecule has 1 N–H and O–H groups in total. The van der Waals surface area contributed by atoms with Crippen molar-refractivity contribution in [1.29, 1.82) is 0 Å². The molecule has 0 aromatic rings. The van der Waals surface area contributed by atoms with E-state index in [-0.39, 0.29) is 6.04 Å². The van der Waals surface area contributed by atoms with E-state index in [1.54, 1.807) is 0 Å². The van der Waals surface area contributed by atoms with Crippen LogP contribution in [0.5, 0.6) is 0 Å². The Hall–Kier alpha value is 0.640. The minimum Gasteiger partial charge on any atom is -0.213 e. The summed E-state index contributed by atoms with van der Waals surface area (Å²) in [7, 11) is -3.00. The van der Waals surface area contributed by atoms with Crippen LogP contribution in [0.3, 0.4) is 0 Å². The molecular weight excluding hydrogens is 277 g/mol. The quantitative estimate of drug-likeness (QED) is 0.606. The Morgan fingerprint density at radius 2 is 2.09 bits per heavy atom. The molecule has 0 amide bonds. The summed E-state index contributed by atoms with van der Waals surface area (Å²) in [5.74, 6) is 0. The molecule has 2 unspecified atom stereocenters. The lowest BCUT2D eigenvalue weighted by Gasteiger charge is -2.13. The zero-order valence-electron chi connectivity index (χ0n) is 6.38. The highest BCUT2D eigenvalue weighted by molar-refractivity contribution is 14.1. The monoisotopic (exact) mass is 289 g/mol. The molecule has 3 nitrogen and oxygen atoms in total. The second-order valence-electron chi connectivity index (χ2n) is 2.94. The number of hydrogen-bond acceptors (Lipinski definition) is 2. The van der Waals surface area contributed by atoms with Gasteiger partial charge >= 0.3 is 0 Å². The average molecular weight is 289 g/mol. The van der Waals surface area contributed by atoms with Crippen molar-refractivity contribution >= 4 is 32.6 Å². The van der Waals surface area contributed by atoms with Crippen LogP contribution in [0.15, 0.2) is 0 Å².